The maximum absolute atomic E-state index is 13.0. The number of amides is 3. The van der Waals surface area contributed by atoms with Crippen LogP contribution in [0.4, 0.5) is 5.69 Å². The second kappa shape index (κ2) is 6.48. The van der Waals surface area contributed by atoms with Crippen molar-refractivity contribution in [2.24, 2.45) is 16.7 Å². The molecule has 1 aromatic carbocycles. The van der Waals surface area contributed by atoms with Crippen molar-refractivity contribution in [3.63, 3.8) is 0 Å². The lowest BCUT2D eigenvalue weighted by Crippen LogP contribution is -2.60. The maximum Gasteiger partial charge on any atom is 0.339 e. The molecule has 1 aliphatic heterocycles. The van der Waals surface area contributed by atoms with Gasteiger partial charge in [-0.2, -0.15) is 0 Å². The fourth-order valence-electron chi connectivity index (χ4n) is 4.26. The van der Waals surface area contributed by atoms with Crippen molar-refractivity contribution in [3.05, 3.63) is 29.8 Å². The van der Waals surface area contributed by atoms with E-state index in [4.69, 9.17) is 4.74 Å². The number of methoxy groups -OCH3 is 1. The summed E-state index contributed by atoms with van der Waals surface area (Å²) in [6.07, 6.45) is 1.29. The fraction of sp³-hybridized carbons (Fsp3) is 0.500. The summed E-state index contributed by atoms with van der Waals surface area (Å²) >= 11 is 0. The SMILES string of the molecule is COC(=O)c1ccccc1NC(=O)CN1C(=O)[C@@H]2CC[C@@](C)(C1=O)C2(C)C. The topological polar surface area (TPSA) is 92.8 Å². The van der Waals surface area contributed by atoms with E-state index < -0.39 is 22.7 Å². The fourth-order valence-corrected chi connectivity index (χ4v) is 4.26. The van der Waals surface area contributed by atoms with Gasteiger partial charge in [0.2, 0.25) is 17.7 Å². The van der Waals surface area contributed by atoms with Crippen LogP contribution in [0.2, 0.25) is 0 Å². The van der Waals surface area contributed by atoms with Gasteiger partial charge in [-0.05, 0) is 30.4 Å². The number of hydrogen-bond donors (Lipinski definition) is 1. The molecule has 2 bridgehead atoms. The number of likely N-dealkylation sites (tertiary alicyclic amines) is 1. The standard InChI is InChI=1S/C20H24N2O5/c1-19(2)13-9-10-20(19,3)18(26)22(16(13)24)11-15(23)21-14-8-6-5-7-12(14)17(25)27-4/h5-8,13H,9-11H2,1-4H3,(H,21,23)/t13-,20-/m0/s1. The Balaban J connectivity index is 1.79. The highest BCUT2D eigenvalue weighted by Gasteiger charge is 2.64. The van der Waals surface area contributed by atoms with Gasteiger partial charge in [0.15, 0.2) is 0 Å². The van der Waals surface area contributed by atoms with E-state index in [0.717, 1.165) is 4.90 Å². The average molecular weight is 372 g/mol. The van der Waals surface area contributed by atoms with E-state index in [-0.39, 0.29) is 35.5 Å². The highest BCUT2D eigenvalue weighted by molar-refractivity contribution is 6.08. The third kappa shape index (κ3) is 2.81. The normalized spacial score (nSPS) is 26.1. The predicted octanol–water partition coefficient (Wildman–Crippen LogP) is 2.22. The summed E-state index contributed by atoms with van der Waals surface area (Å²) in [5.74, 6) is -1.98. The van der Waals surface area contributed by atoms with Crippen molar-refractivity contribution in [1.82, 2.24) is 4.90 Å². The number of fused-ring (bicyclic) bond motifs is 2. The van der Waals surface area contributed by atoms with Crippen LogP contribution < -0.4 is 5.32 Å². The first-order chi connectivity index (χ1) is 12.6. The third-order valence-electron chi connectivity index (χ3n) is 6.42. The number of nitrogens with one attached hydrogen (secondary N) is 1. The number of para-hydroxylation sites is 1. The molecular weight excluding hydrogens is 348 g/mol. The number of rotatable bonds is 4. The van der Waals surface area contributed by atoms with Crippen molar-refractivity contribution in [2.45, 2.75) is 33.6 Å². The molecule has 0 radical (unpaired) electrons. The number of benzene rings is 1. The lowest BCUT2D eigenvalue weighted by Gasteiger charge is -2.47. The van der Waals surface area contributed by atoms with E-state index in [2.05, 4.69) is 5.32 Å². The second-order valence-electron chi connectivity index (χ2n) is 7.96. The van der Waals surface area contributed by atoms with Crippen LogP contribution in [0.25, 0.3) is 0 Å². The Kier molecular flexibility index (Phi) is 4.57. The van der Waals surface area contributed by atoms with Crippen LogP contribution >= 0.6 is 0 Å². The number of carbonyl (C=O) groups excluding carboxylic acids is 4. The van der Waals surface area contributed by atoms with Gasteiger partial charge < -0.3 is 10.1 Å². The van der Waals surface area contributed by atoms with E-state index in [9.17, 15) is 19.2 Å². The van der Waals surface area contributed by atoms with Crippen LogP contribution in [0.15, 0.2) is 24.3 Å². The number of nitrogens with zero attached hydrogens (tertiary/aromatic N) is 1. The van der Waals surface area contributed by atoms with Gasteiger partial charge in [-0.15, -0.1) is 0 Å². The molecule has 27 heavy (non-hydrogen) atoms. The van der Waals surface area contributed by atoms with E-state index in [0.29, 0.717) is 12.8 Å². The van der Waals surface area contributed by atoms with Crippen LogP contribution in [0.5, 0.6) is 0 Å². The first-order valence-corrected chi connectivity index (χ1v) is 8.96. The van der Waals surface area contributed by atoms with Gasteiger partial charge in [0.1, 0.15) is 6.54 Å². The molecule has 2 atom stereocenters. The highest BCUT2D eigenvalue weighted by atomic mass is 16.5. The van der Waals surface area contributed by atoms with Gasteiger partial charge >= 0.3 is 5.97 Å². The van der Waals surface area contributed by atoms with Crippen molar-refractivity contribution >= 4 is 29.4 Å². The summed E-state index contributed by atoms with van der Waals surface area (Å²) < 4.78 is 4.71. The maximum atomic E-state index is 13.0. The lowest BCUT2D eigenvalue weighted by atomic mass is 9.62. The monoisotopic (exact) mass is 372 g/mol. The van der Waals surface area contributed by atoms with Crippen LogP contribution in [-0.4, -0.2) is 42.2 Å². The number of ether oxygens (including phenoxy) is 1. The van der Waals surface area contributed by atoms with E-state index in [1.165, 1.54) is 13.2 Å². The zero-order valence-corrected chi connectivity index (χ0v) is 16.0. The van der Waals surface area contributed by atoms with Crippen LogP contribution in [-0.2, 0) is 19.1 Å². The summed E-state index contributed by atoms with van der Waals surface area (Å²) in [7, 11) is 1.25. The largest absolute Gasteiger partial charge is 0.465 e. The van der Waals surface area contributed by atoms with Crippen molar-refractivity contribution in [1.29, 1.82) is 0 Å². The zero-order valence-electron chi connectivity index (χ0n) is 16.0. The second-order valence-corrected chi connectivity index (χ2v) is 7.96. The summed E-state index contributed by atoms with van der Waals surface area (Å²) in [6, 6.07) is 6.42. The molecule has 1 N–H and O–H groups in total. The first kappa shape index (κ1) is 19.1. The molecule has 2 fully saturated rings. The average Bonchev–Trinajstić information content (AvgIpc) is 2.82. The molecule has 1 saturated heterocycles. The Morgan fingerprint density at radius 3 is 2.56 bits per heavy atom. The molecular formula is C20H24N2O5. The third-order valence-corrected chi connectivity index (χ3v) is 6.42. The smallest absolute Gasteiger partial charge is 0.339 e. The number of piperidine rings is 1. The van der Waals surface area contributed by atoms with Crippen LogP contribution in [0.3, 0.4) is 0 Å². The molecule has 1 aromatic rings. The molecule has 1 aliphatic carbocycles. The number of anilines is 1. The summed E-state index contributed by atoms with van der Waals surface area (Å²) in [4.78, 5) is 51.2. The molecule has 1 heterocycles. The van der Waals surface area contributed by atoms with E-state index in [1.54, 1.807) is 18.2 Å². The van der Waals surface area contributed by atoms with Crippen LogP contribution in [0, 0.1) is 16.7 Å². The van der Waals surface area contributed by atoms with Crippen molar-refractivity contribution < 1.29 is 23.9 Å². The Labute approximate surface area is 158 Å². The summed E-state index contributed by atoms with van der Waals surface area (Å²) in [5.41, 5.74) is -0.597. The molecule has 7 nitrogen and oxygen atoms in total. The molecule has 1 saturated carbocycles. The van der Waals surface area contributed by atoms with E-state index in [1.807, 2.05) is 20.8 Å². The lowest BCUT2D eigenvalue weighted by molar-refractivity contribution is -0.168. The summed E-state index contributed by atoms with van der Waals surface area (Å²) in [5, 5.41) is 2.61. The first-order valence-electron chi connectivity index (χ1n) is 8.96. The highest BCUT2D eigenvalue weighted by Crippen LogP contribution is 2.59. The minimum absolute atomic E-state index is 0.206. The zero-order chi connectivity index (χ0) is 20.0. The van der Waals surface area contributed by atoms with Gasteiger partial charge in [-0.25, -0.2) is 4.79 Å². The molecule has 0 aromatic heterocycles. The van der Waals surface area contributed by atoms with Crippen LogP contribution in [0.1, 0.15) is 44.0 Å². The number of carbonyl (C=O) groups is 4. The Morgan fingerprint density at radius 2 is 1.89 bits per heavy atom. The van der Waals surface area contributed by atoms with Gasteiger partial charge in [0.25, 0.3) is 0 Å². The number of hydrogen-bond acceptors (Lipinski definition) is 5. The summed E-state index contributed by atoms with van der Waals surface area (Å²) in [6.45, 7) is 5.41. The molecule has 0 unspecified atom stereocenters. The van der Waals surface area contributed by atoms with Gasteiger partial charge in [0.05, 0.1) is 23.8 Å². The van der Waals surface area contributed by atoms with Gasteiger partial charge in [-0.3, -0.25) is 19.3 Å². The number of imide groups is 1. The minimum atomic E-state index is -0.657. The molecule has 3 amide bonds. The van der Waals surface area contributed by atoms with Crippen molar-refractivity contribution in [3.8, 4) is 0 Å². The van der Waals surface area contributed by atoms with E-state index >= 15 is 0 Å². The Morgan fingerprint density at radius 1 is 1.22 bits per heavy atom. The van der Waals surface area contributed by atoms with Gasteiger partial charge in [-0.1, -0.05) is 32.9 Å². The molecule has 3 rings (SSSR count). The predicted molar refractivity (Wildman–Crippen MR) is 97.7 cm³/mol. The Bertz CT molecular complexity index is 831. The molecule has 0 spiro atoms. The van der Waals surface area contributed by atoms with Gasteiger partial charge in [0, 0.05) is 5.92 Å². The van der Waals surface area contributed by atoms with Crippen molar-refractivity contribution in [2.75, 3.05) is 19.0 Å². The molecule has 7 heteroatoms. The molecule has 144 valence electrons. The quantitative estimate of drug-likeness (QED) is 0.646. The molecule has 2 aliphatic rings. The Hall–Kier alpha value is -2.70. The number of esters is 1. The minimum Gasteiger partial charge on any atom is -0.465 e.